The first-order valence-electron chi connectivity index (χ1n) is 11.3. The molecule has 1 amide bonds. The lowest BCUT2D eigenvalue weighted by Crippen LogP contribution is -2.48. The summed E-state index contributed by atoms with van der Waals surface area (Å²) in [4.78, 5) is 37.1. The standard InChI is InChI=1S/C24H28N4O7S/c25-13-5-2-6-14-35-18-11-9-17-10-12-20(23(30)28(17)16-18)22(29)26-15-21(24(31)32)27-36(33,34)19-7-3-1-4-8-19/h1,3-4,7-12,16,21,27H,2,5-6,13-15,25H2,(H,26,29)(H,31,32). The molecule has 1 aromatic carbocycles. The van der Waals surface area contributed by atoms with E-state index >= 15 is 0 Å². The van der Waals surface area contributed by atoms with E-state index in [1.807, 2.05) is 0 Å². The second-order valence-electron chi connectivity index (χ2n) is 7.94. The molecule has 0 saturated heterocycles. The number of unbranched alkanes of at least 4 members (excludes halogenated alkanes) is 2. The highest BCUT2D eigenvalue weighted by Gasteiger charge is 2.26. The number of aromatic nitrogens is 1. The Morgan fingerprint density at radius 1 is 1.03 bits per heavy atom. The summed E-state index contributed by atoms with van der Waals surface area (Å²) in [5, 5.41) is 11.8. The molecule has 1 unspecified atom stereocenters. The molecule has 0 radical (unpaired) electrons. The van der Waals surface area contributed by atoms with Crippen LogP contribution in [0.1, 0.15) is 29.6 Å². The molecular formula is C24H28N4O7S. The molecule has 1 atom stereocenters. The highest BCUT2D eigenvalue weighted by molar-refractivity contribution is 7.89. The maximum Gasteiger partial charge on any atom is 0.323 e. The van der Waals surface area contributed by atoms with Gasteiger partial charge in [-0.3, -0.25) is 18.8 Å². The third kappa shape index (κ3) is 6.90. The number of sulfonamides is 1. The molecule has 0 bridgehead atoms. The van der Waals surface area contributed by atoms with Gasteiger partial charge in [0.1, 0.15) is 17.4 Å². The van der Waals surface area contributed by atoms with Crippen molar-refractivity contribution in [2.45, 2.75) is 30.2 Å². The number of ether oxygens (including phenoxy) is 1. The van der Waals surface area contributed by atoms with Crippen molar-refractivity contribution < 1.29 is 27.9 Å². The van der Waals surface area contributed by atoms with Gasteiger partial charge in [-0.2, -0.15) is 4.72 Å². The van der Waals surface area contributed by atoms with Crippen molar-refractivity contribution in [3.05, 3.63) is 76.7 Å². The highest BCUT2D eigenvalue weighted by atomic mass is 32.2. The molecule has 12 heteroatoms. The number of hydrogen-bond acceptors (Lipinski definition) is 7. The lowest BCUT2D eigenvalue weighted by Gasteiger charge is -2.16. The van der Waals surface area contributed by atoms with Crippen LogP contribution in [0.2, 0.25) is 0 Å². The minimum absolute atomic E-state index is 0.118. The van der Waals surface area contributed by atoms with Crippen LogP contribution in [0.4, 0.5) is 0 Å². The van der Waals surface area contributed by atoms with E-state index in [1.54, 1.807) is 24.3 Å². The van der Waals surface area contributed by atoms with Crippen molar-refractivity contribution in [1.29, 1.82) is 0 Å². The van der Waals surface area contributed by atoms with Gasteiger partial charge in [-0.25, -0.2) is 8.42 Å². The summed E-state index contributed by atoms with van der Waals surface area (Å²) in [6.07, 6.45) is 4.11. The van der Waals surface area contributed by atoms with Gasteiger partial charge in [-0.1, -0.05) is 18.2 Å². The van der Waals surface area contributed by atoms with Gasteiger partial charge < -0.3 is 20.9 Å². The van der Waals surface area contributed by atoms with E-state index in [1.165, 1.54) is 40.9 Å². The first kappa shape index (κ1) is 26.9. The van der Waals surface area contributed by atoms with Crippen LogP contribution in [0.5, 0.6) is 5.75 Å². The van der Waals surface area contributed by atoms with Crippen LogP contribution in [0.25, 0.3) is 5.52 Å². The Balaban J connectivity index is 1.71. The summed E-state index contributed by atoms with van der Waals surface area (Å²) in [7, 11) is -4.14. The van der Waals surface area contributed by atoms with E-state index in [4.69, 9.17) is 10.5 Å². The Morgan fingerprint density at radius 2 is 1.75 bits per heavy atom. The van der Waals surface area contributed by atoms with Gasteiger partial charge in [0.2, 0.25) is 10.0 Å². The number of nitrogens with zero attached hydrogens (tertiary/aromatic N) is 1. The zero-order valence-electron chi connectivity index (χ0n) is 19.4. The molecule has 2 heterocycles. The molecule has 0 saturated carbocycles. The van der Waals surface area contributed by atoms with Gasteiger partial charge in [-0.05, 0) is 62.2 Å². The predicted octanol–water partition coefficient (Wildman–Crippen LogP) is 0.969. The van der Waals surface area contributed by atoms with Gasteiger partial charge in [0.15, 0.2) is 0 Å². The lowest BCUT2D eigenvalue weighted by molar-refractivity contribution is -0.138. The maximum atomic E-state index is 12.9. The fourth-order valence-corrected chi connectivity index (χ4v) is 4.58. The van der Waals surface area contributed by atoms with Crippen LogP contribution in [0.3, 0.4) is 0 Å². The number of aliphatic carboxylic acids is 1. The molecule has 0 aliphatic heterocycles. The van der Waals surface area contributed by atoms with Crippen molar-refractivity contribution in [1.82, 2.24) is 14.4 Å². The normalized spacial score (nSPS) is 12.2. The van der Waals surface area contributed by atoms with Gasteiger partial charge in [0, 0.05) is 12.1 Å². The monoisotopic (exact) mass is 516 g/mol. The van der Waals surface area contributed by atoms with Crippen LogP contribution in [-0.2, 0) is 14.8 Å². The maximum absolute atomic E-state index is 12.9. The number of benzene rings is 1. The Hall–Kier alpha value is -3.74. The molecular weight excluding hydrogens is 488 g/mol. The van der Waals surface area contributed by atoms with Gasteiger partial charge in [-0.15, -0.1) is 0 Å². The van der Waals surface area contributed by atoms with E-state index in [0.29, 0.717) is 24.4 Å². The number of amides is 1. The number of fused-ring (bicyclic) bond motifs is 1. The molecule has 0 spiro atoms. The quantitative estimate of drug-likeness (QED) is 0.244. The molecule has 0 aliphatic rings. The number of carbonyl (C=O) groups is 2. The third-order valence-electron chi connectivity index (χ3n) is 5.30. The molecule has 36 heavy (non-hydrogen) atoms. The van der Waals surface area contributed by atoms with Crippen LogP contribution in [-0.4, -0.2) is 55.5 Å². The number of carbonyl (C=O) groups excluding carboxylic acids is 1. The van der Waals surface area contributed by atoms with Crippen LogP contribution in [0.15, 0.2) is 70.5 Å². The number of nitrogens with one attached hydrogen (secondary N) is 2. The molecule has 5 N–H and O–H groups in total. The smallest absolute Gasteiger partial charge is 0.323 e. The van der Waals surface area contributed by atoms with Crippen molar-refractivity contribution in [2.24, 2.45) is 5.73 Å². The van der Waals surface area contributed by atoms with Crippen molar-refractivity contribution >= 4 is 27.4 Å². The molecule has 0 fully saturated rings. The Labute approximate surface area is 207 Å². The van der Waals surface area contributed by atoms with Crippen LogP contribution in [0, 0.1) is 0 Å². The summed E-state index contributed by atoms with van der Waals surface area (Å²) in [5.74, 6) is -1.87. The first-order valence-corrected chi connectivity index (χ1v) is 12.8. The SMILES string of the molecule is NCCCCCOc1ccc2ccc(C(=O)NCC(NS(=O)(=O)c3ccccc3)C(=O)O)c(=O)n2c1. The molecule has 0 aliphatic carbocycles. The van der Waals surface area contributed by atoms with Gasteiger partial charge in [0.25, 0.3) is 11.5 Å². The minimum Gasteiger partial charge on any atom is -0.492 e. The van der Waals surface area contributed by atoms with E-state index in [-0.39, 0.29) is 10.5 Å². The Morgan fingerprint density at radius 3 is 2.44 bits per heavy atom. The number of carboxylic acids is 1. The summed E-state index contributed by atoms with van der Waals surface area (Å²) in [6.45, 7) is 0.493. The summed E-state index contributed by atoms with van der Waals surface area (Å²) in [5.41, 5.74) is 5.14. The molecule has 3 aromatic rings. The van der Waals surface area contributed by atoms with Crippen LogP contribution >= 0.6 is 0 Å². The van der Waals surface area contributed by atoms with E-state index in [9.17, 15) is 27.9 Å². The van der Waals surface area contributed by atoms with E-state index < -0.39 is 40.0 Å². The fourth-order valence-electron chi connectivity index (χ4n) is 3.37. The number of rotatable bonds is 13. The molecule has 3 rings (SSSR count). The summed E-state index contributed by atoms with van der Waals surface area (Å²) in [6, 6.07) is 11.9. The van der Waals surface area contributed by atoms with Crippen LogP contribution < -0.4 is 26.1 Å². The number of hydrogen-bond donors (Lipinski definition) is 4. The second kappa shape index (κ2) is 12.3. The molecule has 192 valence electrons. The zero-order chi connectivity index (χ0) is 26.1. The zero-order valence-corrected chi connectivity index (χ0v) is 20.2. The molecule has 2 aromatic heterocycles. The largest absolute Gasteiger partial charge is 0.492 e. The van der Waals surface area contributed by atoms with E-state index in [0.717, 1.165) is 19.3 Å². The van der Waals surface area contributed by atoms with Gasteiger partial charge in [0.05, 0.1) is 17.7 Å². The van der Waals surface area contributed by atoms with E-state index in [2.05, 4.69) is 10.0 Å². The number of carboxylic acid groups (broad SMARTS) is 1. The minimum atomic E-state index is -4.14. The highest BCUT2D eigenvalue weighted by Crippen LogP contribution is 2.13. The average Bonchev–Trinajstić information content (AvgIpc) is 2.87. The Kier molecular flexibility index (Phi) is 9.17. The average molecular weight is 517 g/mol. The predicted molar refractivity (Wildman–Crippen MR) is 133 cm³/mol. The summed E-state index contributed by atoms with van der Waals surface area (Å²) < 4.78 is 33.9. The van der Waals surface area contributed by atoms with Crippen molar-refractivity contribution in [3.8, 4) is 5.75 Å². The molecule has 11 nitrogen and oxygen atoms in total. The lowest BCUT2D eigenvalue weighted by atomic mass is 10.2. The number of pyridine rings is 2. The number of nitrogens with two attached hydrogens (primary N) is 1. The third-order valence-corrected chi connectivity index (χ3v) is 6.79. The topological polar surface area (TPSA) is 169 Å². The second-order valence-corrected chi connectivity index (χ2v) is 9.66. The fraction of sp³-hybridized carbons (Fsp3) is 0.292. The van der Waals surface area contributed by atoms with Crippen molar-refractivity contribution in [2.75, 3.05) is 19.7 Å². The van der Waals surface area contributed by atoms with Crippen molar-refractivity contribution in [3.63, 3.8) is 0 Å². The first-order chi connectivity index (χ1) is 17.2. The van der Waals surface area contributed by atoms with Gasteiger partial charge >= 0.3 is 5.97 Å². The Bertz CT molecular complexity index is 1370. The summed E-state index contributed by atoms with van der Waals surface area (Å²) >= 11 is 0.